The highest BCUT2D eigenvalue weighted by atomic mass is 16.5. The second-order valence-corrected chi connectivity index (χ2v) is 4.23. The molecule has 0 saturated carbocycles. The Kier molecular flexibility index (Phi) is 11.2. The first kappa shape index (κ1) is 15.8. The summed E-state index contributed by atoms with van der Waals surface area (Å²) in [5, 5.41) is 0. The maximum absolute atomic E-state index is 5.54. The van der Waals surface area contributed by atoms with E-state index in [9.17, 15) is 0 Å². The second-order valence-electron chi connectivity index (χ2n) is 4.23. The van der Waals surface area contributed by atoms with Crippen molar-refractivity contribution in [2.24, 2.45) is 5.73 Å². The Bertz CT molecular complexity index is 143. The minimum absolute atomic E-state index is 0.564. The van der Waals surface area contributed by atoms with E-state index in [0.717, 1.165) is 52.3 Å². The summed E-state index contributed by atoms with van der Waals surface area (Å²) < 4.78 is 10.5. The van der Waals surface area contributed by atoms with Crippen molar-refractivity contribution >= 4 is 0 Å². The third-order valence-corrected chi connectivity index (χ3v) is 2.54. The molecule has 4 heteroatoms. The van der Waals surface area contributed by atoms with Gasteiger partial charge in [-0.1, -0.05) is 0 Å². The van der Waals surface area contributed by atoms with E-state index in [1.54, 1.807) is 7.11 Å². The van der Waals surface area contributed by atoms with Crippen molar-refractivity contribution in [3.8, 4) is 0 Å². The first-order valence-electron chi connectivity index (χ1n) is 6.23. The lowest BCUT2D eigenvalue weighted by Crippen LogP contribution is -2.35. The first-order chi connectivity index (χ1) is 7.72. The van der Waals surface area contributed by atoms with Gasteiger partial charge in [0.1, 0.15) is 0 Å². The van der Waals surface area contributed by atoms with Gasteiger partial charge in [-0.05, 0) is 39.8 Å². The largest absolute Gasteiger partial charge is 0.385 e. The third kappa shape index (κ3) is 9.09. The lowest BCUT2D eigenvalue weighted by atomic mass is 10.3. The van der Waals surface area contributed by atoms with Gasteiger partial charge in [0, 0.05) is 32.9 Å². The fourth-order valence-corrected chi connectivity index (χ4v) is 1.51. The highest BCUT2D eigenvalue weighted by Gasteiger charge is 2.07. The average Bonchev–Trinajstić information content (AvgIpc) is 2.26. The van der Waals surface area contributed by atoms with Crippen LogP contribution in [0.25, 0.3) is 0 Å². The van der Waals surface area contributed by atoms with Gasteiger partial charge < -0.3 is 15.2 Å². The molecule has 2 N–H and O–H groups in total. The molecule has 0 aromatic rings. The molecule has 0 aromatic carbocycles. The average molecular weight is 232 g/mol. The topological polar surface area (TPSA) is 47.7 Å². The van der Waals surface area contributed by atoms with Crippen LogP contribution in [-0.4, -0.2) is 57.5 Å². The van der Waals surface area contributed by atoms with Gasteiger partial charge in [0.15, 0.2) is 0 Å². The molecule has 0 heterocycles. The van der Waals surface area contributed by atoms with Crippen molar-refractivity contribution in [1.82, 2.24) is 4.90 Å². The van der Waals surface area contributed by atoms with Crippen molar-refractivity contribution in [3.63, 3.8) is 0 Å². The summed E-state index contributed by atoms with van der Waals surface area (Å²) >= 11 is 0. The summed E-state index contributed by atoms with van der Waals surface area (Å²) in [6.45, 7) is 9.60. The highest BCUT2D eigenvalue weighted by molar-refractivity contribution is 4.62. The van der Waals surface area contributed by atoms with Crippen molar-refractivity contribution in [2.45, 2.75) is 32.7 Å². The van der Waals surface area contributed by atoms with Crippen molar-refractivity contribution in [3.05, 3.63) is 0 Å². The summed E-state index contributed by atoms with van der Waals surface area (Å²) in [6.07, 6.45) is 2.03. The molecule has 0 fully saturated rings. The van der Waals surface area contributed by atoms with Gasteiger partial charge in [0.2, 0.25) is 0 Å². The smallest absolute Gasteiger partial charge is 0.0593 e. The molecule has 0 aliphatic carbocycles. The van der Waals surface area contributed by atoms with Crippen LogP contribution in [0.2, 0.25) is 0 Å². The molecule has 0 spiro atoms. The minimum Gasteiger partial charge on any atom is -0.385 e. The summed E-state index contributed by atoms with van der Waals surface area (Å²) in [6, 6.07) is 0.564. The molecule has 0 atom stereocenters. The Balaban J connectivity index is 3.44. The van der Waals surface area contributed by atoms with Gasteiger partial charge in [0.05, 0.1) is 6.61 Å². The van der Waals surface area contributed by atoms with Crippen LogP contribution in [-0.2, 0) is 9.47 Å². The van der Waals surface area contributed by atoms with Crippen LogP contribution in [0.3, 0.4) is 0 Å². The first-order valence-corrected chi connectivity index (χ1v) is 6.23. The Hall–Kier alpha value is -0.160. The molecule has 0 saturated heterocycles. The molecule has 0 aliphatic heterocycles. The van der Waals surface area contributed by atoms with Crippen LogP contribution in [0, 0.1) is 0 Å². The molecule has 0 bridgehead atoms. The maximum atomic E-state index is 5.54. The summed E-state index contributed by atoms with van der Waals surface area (Å²) in [5.74, 6) is 0. The Labute approximate surface area is 100 Å². The van der Waals surface area contributed by atoms with E-state index < -0.39 is 0 Å². The molecule has 0 unspecified atom stereocenters. The number of hydrogen-bond donors (Lipinski definition) is 1. The number of hydrogen-bond acceptors (Lipinski definition) is 4. The van der Waals surface area contributed by atoms with E-state index >= 15 is 0 Å². The molecular weight excluding hydrogens is 204 g/mol. The molecular formula is C12H28N2O2. The monoisotopic (exact) mass is 232 g/mol. The molecule has 16 heavy (non-hydrogen) atoms. The van der Waals surface area contributed by atoms with Crippen molar-refractivity contribution in [2.75, 3.05) is 46.6 Å². The Morgan fingerprint density at radius 3 is 2.38 bits per heavy atom. The SMILES string of the molecule is COCCCOCCN(CCCN)C(C)C. The normalized spacial score (nSPS) is 11.6. The quantitative estimate of drug-likeness (QED) is 0.542. The van der Waals surface area contributed by atoms with Crippen LogP contribution in [0.15, 0.2) is 0 Å². The number of nitrogens with two attached hydrogens (primary N) is 1. The molecule has 0 aromatic heterocycles. The molecule has 0 amide bonds. The number of ether oxygens (including phenoxy) is 2. The van der Waals surface area contributed by atoms with E-state index in [1.807, 2.05) is 0 Å². The summed E-state index contributed by atoms with van der Waals surface area (Å²) in [4.78, 5) is 2.41. The van der Waals surface area contributed by atoms with Crippen LogP contribution in [0.5, 0.6) is 0 Å². The van der Waals surface area contributed by atoms with Crippen molar-refractivity contribution in [1.29, 1.82) is 0 Å². The zero-order chi connectivity index (χ0) is 12.2. The van der Waals surface area contributed by atoms with E-state index in [0.29, 0.717) is 6.04 Å². The lowest BCUT2D eigenvalue weighted by Gasteiger charge is -2.26. The third-order valence-electron chi connectivity index (χ3n) is 2.54. The Morgan fingerprint density at radius 2 is 1.81 bits per heavy atom. The van der Waals surface area contributed by atoms with E-state index in [1.165, 1.54) is 0 Å². The fraction of sp³-hybridized carbons (Fsp3) is 1.00. The van der Waals surface area contributed by atoms with E-state index in [-0.39, 0.29) is 0 Å². The van der Waals surface area contributed by atoms with Gasteiger partial charge in [0.25, 0.3) is 0 Å². The van der Waals surface area contributed by atoms with Crippen LogP contribution < -0.4 is 5.73 Å². The summed E-state index contributed by atoms with van der Waals surface area (Å²) in [5.41, 5.74) is 5.51. The van der Waals surface area contributed by atoms with Crippen LogP contribution in [0.4, 0.5) is 0 Å². The number of nitrogens with zero attached hydrogens (tertiary/aromatic N) is 1. The number of rotatable bonds is 11. The highest BCUT2D eigenvalue weighted by Crippen LogP contribution is 1.99. The van der Waals surface area contributed by atoms with E-state index in [4.69, 9.17) is 15.2 Å². The fourth-order valence-electron chi connectivity index (χ4n) is 1.51. The standard InChI is InChI=1S/C12H28N2O2/c1-12(2)14(7-4-6-13)8-11-16-10-5-9-15-3/h12H,4-11,13H2,1-3H3. The molecule has 0 aliphatic rings. The molecule has 98 valence electrons. The molecule has 0 rings (SSSR count). The second kappa shape index (κ2) is 11.3. The zero-order valence-corrected chi connectivity index (χ0v) is 11.1. The van der Waals surface area contributed by atoms with Gasteiger partial charge in [-0.2, -0.15) is 0 Å². The van der Waals surface area contributed by atoms with Crippen molar-refractivity contribution < 1.29 is 9.47 Å². The predicted molar refractivity (Wildman–Crippen MR) is 67.7 cm³/mol. The molecule has 0 radical (unpaired) electrons. The van der Waals surface area contributed by atoms with Crippen LogP contribution >= 0.6 is 0 Å². The van der Waals surface area contributed by atoms with Gasteiger partial charge in [-0.25, -0.2) is 0 Å². The van der Waals surface area contributed by atoms with Gasteiger partial charge >= 0.3 is 0 Å². The summed E-state index contributed by atoms with van der Waals surface area (Å²) in [7, 11) is 1.72. The predicted octanol–water partition coefficient (Wildman–Crippen LogP) is 1.10. The minimum atomic E-state index is 0.564. The maximum Gasteiger partial charge on any atom is 0.0593 e. The van der Waals surface area contributed by atoms with Crippen LogP contribution in [0.1, 0.15) is 26.7 Å². The zero-order valence-electron chi connectivity index (χ0n) is 11.1. The lowest BCUT2D eigenvalue weighted by molar-refractivity contribution is 0.0760. The molecule has 4 nitrogen and oxygen atoms in total. The van der Waals surface area contributed by atoms with Gasteiger partial charge in [-0.3, -0.25) is 4.90 Å². The Morgan fingerprint density at radius 1 is 1.06 bits per heavy atom. The van der Waals surface area contributed by atoms with E-state index in [2.05, 4.69) is 18.7 Å². The number of methoxy groups -OCH3 is 1. The van der Waals surface area contributed by atoms with Gasteiger partial charge in [-0.15, -0.1) is 0 Å².